The molecule has 142 valence electrons. The second-order valence-corrected chi connectivity index (χ2v) is 8.01. The molecule has 1 aromatic carbocycles. The van der Waals surface area contributed by atoms with E-state index >= 15 is 0 Å². The number of hydrogen-bond acceptors (Lipinski definition) is 6. The predicted octanol–water partition coefficient (Wildman–Crippen LogP) is 2.03. The number of hydrogen-bond donors (Lipinski definition) is 5. The maximum atomic E-state index is 6.86. The summed E-state index contributed by atoms with van der Waals surface area (Å²) >= 11 is 0. The molecule has 0 radical (unpaired) electrons. The highest BCUT2D eigenvalue weighted by Crippen LogP contribution is 2.35. The van der Waals surface area contributed by atoms with E-state index in [1.54, 1.807) is 6.20 Å². The number of benzene rings is 1. The molecule has 27 heavy (non-hydrogen) atoms. The average Bonchev–Trinajstić information content (AvgIpc) is 3.30. The number of imidazole rings is 1. The van der Waals surface area contributed by atoms with Crippen LogP contribution in [0.4, 0.5) is 11.4 Å². The number of anilines is 2. The fourth-order valence-electron chi connectivity index (χ4n) is 4.57. The third-order valence-electron chi connectivity index (χ3n) is 6.12. The molecule has 2 aromatic rings. The summed E-state index contributed by atoms with van der Waals surface area (Å²) in [6.45, 7) is 1.01. The van der Waals surface area contributed by atoms with E-state index < -0.39 is 5.66 Å². The smallest absolute Gasteiger partial charge is 0.174 e. The first kappa shape index (κ1) is 16.6. The first-order valence-corrected chi connectivity index (χ1v) is 9.84. The molecule has 0 saturated heterocycles. The van der Waals surface area contributed by atoms with Crippen LogP contribution in [0.15, 0.2) is 36.7 Å². The van der Waals surface area contributed by atoms with Crippen LogP contribution in [-0.4, -0.2) is 27.9 Å². The molecule has 1 fully saturated rings. The molecule has 0 amide bonds. The van der Waals surface area contributed by atoms with Gasteiger partial charge in [-0.25, -0.2) is 9.66 Å². The standard InChI is InChI=1S/C20H27N7/c21-15-3-1-14(2-4-15)20(22)12-18(19-24-9-10-27(19)26-20)25-16-5-6-17-13(11-16)7-8-23-17/h5-6,9-12,14-15,23,25-26H,1-4,7-8,21-22H2. The van der Waals surface area contributed by atoms with E-state index in [0.717, 1.165) is 55.9 Å². The molecule has 3 heterocycles. The number of aromatic nitrogens is 2. The van der Waals surface area contributed by atoms with Crippen LogP contribution in [0.1, 0.15) is 37.1 Å². The minimum Gasteiger partial charge on any atom is -0.384 e. The minimum atomic E-state index is -0.617. The number of nitrogens with one attached hydrogen (secondary N) is 3. The molecule has 7 N–H and O–H groups in total. The first-order valence-electron chi connectivity index (χ1n) is 9.84. The number of nitrogens with zero attached hydrogens (tertiary/aromatic N) is 2. The molecular formula is C20H27N7. The van der Waals surface area contributed by atoms with Crippen LogP contribution in [0.25, 0.3) is 5.70 Å². The normalized spacial score (nSPS) is 29.2. The Kier molecular flexibility index (Phi) is 3.87. The van der Waals surface area contributed by atoms with Gasteiger partial charge in [0.05, 0.1) is 5.70 Å². The van der Waals surface area contributed by atoms with Crippen molar-refractivity contribution in [1.29, 1.82) is 0 Å². The van der Waals surface area contributed by atoms with E-state index in [9.17, 15) is 0 Å². The third-order valence-corrected chi connectivity index (χ3v) is 6.12. The van der Waals surface area contributed by atoms with Crippen molar-refractivity contribution in [3.05, 3.63) is 48.1 Å². The number of nitrogens with two attached hydrogens (primary N) is 2. The monoisotopic (exact) mass is 365 g/mol. The second-order valence-electron chi connectivity index (χ2n) is 8.01. The summed E-state index contributed by atoms with van der Waals surface area (Å²) in [5, 5.41) is 6.96. The molecule has 0 bridgehead atoms. The van der Waals surface area contributed by atoms with Gasteiger partial charge in [0, 0.05) is 42.3 Å². The lowest BCUT2D eigenvalue weighted by molar-refractivity contribution is 0.239. The Morgan fingerprint density at radius 2 is 2.07 bits per heavy atom. The molecule has 1 aliphatic carbocycles. The van der Waals surface area contributed by atoms with E-state index in [1.165, 1.54) is 11.3 Å². The molecule has 0 spiro atoms. The van der Waals surface area contributed by atoms with Gasteiger partial charge in [-0.3, -0.25) is 0 Å². The van der Waals surface area contributed by atoms with E-state index in [0.29, 0.717) is 12.0 Å². The van der Waals surface area contributed by atoms with Crippen LogP contribution in [0.2, 0.25) is 0 Å². The fraction of sp³-hybridized carbons (Fsp3) is 0.450. The van der Waals surface area contributed by atoms with Crippen molar-refractivity contribution in [3.63, 3.8) is 0 Å². The van der Waals surface area contributed by atoms with Gasteiger partial charge in [-0.15, -0.1) is 0 Å². The van der Waals surface area contributed by atoms with Crippen molar-refractivity contribution in [2.45, 2.75) is 43.8 Å². The molecule has 1 saturated carbocycles. The molecule has 2 aliphatic heterocycles. The maximum absolute atomic E-state index is 6.86. The van der Waals surface area contributed by atoms with Crippen LogP contribution in [0, 0.1) is 5.92 Å². The summed E-state index contributed by atoms with van der Waals surface area (Å²) in [5.41, 5.74) is 20.4. The zero-order valence-corrected chi connectivity index (χ0v) is 15.4. The van der Waals surface area contributed by atoms with Crippen molar-refractivity contribution in [2.75, 3.05) is 22.6 Å². The topological polar surface area (TPSA) is 106 Å². The highest BCUT2D eigenvalue weighted by Gasteiger charge is 2.39. The molecular weight excluding hydrogens is 338 g/mol. The Hall–Kier alpha value is -2.51. The average molecular weight is 365 g/mol. The summed E-state index contributed by atoms with van der Waals surface area (Å²) < 4.78 is 1.94. The minimum absolute atomic E-state index is 0.304. The molecule has 1 atom stereocenters. The van der Waals surface area contributed by atoms with Gasteiger partial charge in [-0.05, 0) is 61.9 Å². The Morgan fingerprint density at radius 3 is 2.93 bits per heavy atom. The Morgan fingerprint density at radius 1 is 1.22 bits per heavy atom. The molecule has 3 aliphatic rings. The third kappa shape index (κ3) is 2.96. The summed E-state index contributed by atoms with van der Waals surface area (Å²) in [6, 6.07) is 6.75. The van der Waals surface area contributed by atoms with E-state index in [4.69, 9.17) is 11.5 Å². The lowest BCUT2D eigenvalue weighted by Crippen LogP contribution is -2.58. The lowest BCUT2D eigenvalue weighted by Gasteiger charge is -2.42. The number of fused-ring (bicyclic) bond motifs is 2. The Balaban J connectivity index is 1.46. The van der Waals surface area contributed by atoms with Gasteiger partial charge in [0.2, 0.25) is 0 Å². The van der Waals surface area contributed by atoms with Gasteiger partial charge in [-0.1, -0.05) is 0 Å². The number of rotatable bonds is 3. The summed E-state index contributed by atoms with van der Waals surface area (Å²) in [5.74, 6) is 1.19. The van der Waals surface area contributed by atoms with E-state index in [2.05, 4.69) is 45.3 Å². The van der Waals surface area contributed by atoms with Crippen LogP contribution in [0.3, 0.4) is 0 Å². The van der Waals surface area contributed by atoms with E-state index in [-0.39, 0.29) is 0 Å². The Labute approximate surface area is 159 Å². The van der Waals surface area contributed by atoms with Crippen molar-refractivity contribution in [2.24, 2.45) is 17.4 Å². The zero-order chi connectivity index (χ0) is 18.4. The highest BCUT2D eigenvalue weighted by atomic mass is 15.5. The largest absolute Gasteiger partial charge is 0.384 e. The molecule has 7 heteroatoms. The maximum Gasteiger partial charge on any atom is 0.174 e. The molecule has 5 rings (SSSR count). The van der Waals surface area contributed by atoms with Crippen LogP contribution in [0.5, 0.6) is 0 Å². The quantitative estimate of drug-likeness (QED) is 0.570. The van der Waals surface area contributed by atoms with Gasteiger partial charge in [0.1, 0.15) is 5.66 Å². The molecule has 1 aromatic heterocycles. The van der Waals surface area contributed by atoms with Gasteiger partial charge in [0.25, 0.3) is 0 Å². The molecule has 7 nitrogen and oxygen atoms in total. The summed E-state index contributed by atoms with van der Waals surface area (Å²) in [4.78, 5) is 4.51. The van der Waals surface area contributed by atoms with Crippen molar-refractivity contribution in [3.8, 4) is 0 Å². The first-order chi connectivity index (χ1) is 13.1. The SMILES string of the molecule is NC1CCC(C2(N)C=C(Nc3ccc4c(c3)CCN4)c3nccn3N2)CC1. The van der Waals surface area contributed by atoms with Crippen molar-refractivity contribution >= 4 is 17.1 Å². The fourth-order valence-corrected chi connectivity index (χ4v) is 4.57. The van der Waals surface area contributed by atoms with Crippen LogP contribution >= 0.6 is 0 Å². The van der Waals surface area contributed by atoms with Gasteiger partial charge in [0.15, 0.2) is 5.82 Å². The van der Waals surface area contributed by atoms with E-state index in [1.807, 2.05) is 10.9 Å². The zero-order valence-electron chi connectivity index (χ0n) is 15.4. The van der Waals surface area contributed by atoms with Crippen molar-refractivity contribution in [1.82, 2.24) is 9.66 Å². The Bertz CT molecular complexity index is 878. The van der Waals surface area contributed by atoms with Gasteiger partial charge >= 0.3 is 0 Å². The lowest BCUT2D eigenvalue weighted by atomic mass is 9.78. The van der Waals surface area contributed by atoms with Gasteiger partial charge < -0.3 is 27.5 Å². The van der Waals surface area contributed by atoms with Gasteiger partial charge in [-0.2, -0.15) is 0 Å². The summed E-state index contributed by atoms with van der Waals surface area (Å²) in [6.07, 6.45) is 11.0. The second kappa shape index (κ2) is 6.28. The predicted molar refractivity (Wildman–Crippen MR) is 109 cm³/mol. The van der Waals surface area contributed by atoms with Crippen LogP contribution in [-0.2, 0) is 6.42 Å². The summed E-state index contributed by atoms with van der Waals surface area (Å²) in [7, 11) is 0. The molecule has 1 unspecified atom stereocenters. The van der Waals surface area contributed by atoms with Crippen molar-refractivity contribution < 1.29 is 0 Å². The van der Waals surface area contributed by atoms with Crippen LogP contribution < -0.4 is 27.5 Å². The highest BCUT2D eigenvalue weighted by molar-refractivity contribution is 5.77.